The van der Waals surface area contributed by atoms with Gasteiger partial charge in [0, 0.05) is 11.4 Å². The van der Waals surface area contributed by atoms with Crippen molar-refractivity contribution in [2.45, 2.75) is 13.0 Å². The first-order valence-corrected chi connectivity index (χ1v) is 7.39. The fourth-order valence-electron chi connectivity index (χ4n) is 2.30. The molecule has 0 N–H and O–H groups in total. The molecule has 0 aliphatic heterocycles. The van der Waals surface area contributed by atoms with Gasteiger partial charge < -0.3 is 5.21 Å². The second-order valence-electron chi connectivity index (χ2n) is 4.87. The summed E-state index contributed by atoms with van der Waals surface area (Å²) in [6.07, 6.45) is 0.770. The molecule has 0 aliphatic rings. The quantitative estimate of drug-likeness (QED) is 0.401. The van der Waals surface area contributed by atoms with E-state index in [1.807, 2.05) is 42.5 Å². The minimum absolute atomic E-state index is 0.0791. The van der Waals surface area contributed by atoms with Crippen LogP contribution >= 0.6 is 11.6 Å². The van der Waals surface area contributed by atoms with E-state index in [-0.39, 0.29) is 5.88 Å². The van der Waals surface area contributed by atoms with E-state index in [9.17, 15) is 5.21 Å². The Balaban J connectivity index is 1.92. The molecule has 6 nitrogen and oxygen atoms in total. The number of benzene rings is 2. The van der Waals surface area contributed by atoms with Gasteiger partial charge in [-0.2, -0.15) is 0 Å². The predicted octanol–water partition coefficient (Wildman–Crippen LogP) is 4.11. The molecule has 0 aliphatic carbocycles. The average Bonchev–Trinajstić information content (AvgIpc) is 2.98. The van der Waals surface area contributed by atoms with Crippen molar-refractivity contribution in [3.63, 3.8) is 0 Å². The lowest BCUT2D eigenvalue weighted by molar-refractivity contribution is -0.752. The Bertz CT molecular complexity index is 801. The molecular formula is C16H13ClN4O2. The lowest BCUT2D eigenvalue weighted by Crippen LogP contribution is -2.38. The molecule has 0 radical (unpaired) electrons. The van der Waals surface area contributed by atoms with Crippen LogP contribution in [0.25, 0.3) is 11.3 Å². The van der Waals surface area contributed by atoms with Crippen LogP contribution in [0.4, 0.5) is 5.88 Å². The van der Waals surface area contributed by atoms with E-state index >= 15 is 0 Å². The van der Waals surface area contributed by atoms with Crippen molar-refractivity contribution in [3.05, 3.63) is 70.4 Å². The smallest absolute Gasteiger partial charge is 0.347 e. The van der Waals surface area contributed by atoms with Crippen LogP contribution in [-0.4, -0.2) is 5.27 Å². The highest BCUT2D eigenvalue weighted by molar-refractivity contribution is 6.30. The first-order valence-electron chi connectivity index (χ1n) is 7.01. The van der Waals surface area contributed by atoms with Crippen molar-refractivity contribution >= 4 is 17.5 Å². The second-order valence-corrected chi connectivity index (χ2v) is 5.31. The van der Waals surface area contributed by atoms with Crippen molar-refractivity contribution in [2.75, 3.05) is 0 Å². The van der Waals surface area contributed by atoms with Crippen molar-refractivity contribution in [2.24, 2.45) is 10.4 Å². The zero-order chi connectivity index (χ0) is 16.1. The van der Waals surface area contributed by atoms with E-state index < -0.39 is 0 Å². The van der Waals surface area contributed by atoms with Crippen LogP contribution in [0.15, 0.2) is 69.5 Å². The number of hydrogen-bond donors (Lipinski definition) is 0. The van der Waals surface area contributed by atoms with Crippen LogP contribution in [0.1, 0.15) is 5.56 Å². The van der Waals surface area contributed by atoms with Gasteiger partial charge in [0.05, 0.1) is 5.56 Å². The van der Waals surface area contributed by atoms with Crippen LogP contribution in [0.3, 0.4) is 0 Å². The van der Waals surface area contributed by atoms with Gasteiger partial charge in [0.25, 0.3) is 0 Å². The Morgan fingerprint density at radius 3 is 2.52 bits per heavy atom. The number of rotatable bonds is 5. The summed E-state index contributed by atoms with van der Waals surface area (Å²) >= 11 is 5.92. The third kappa shape index (κ3) is 3.54. The number of aromatic nitrogens is 2. The van der Waals surface area contributed by atoms with Crippen molar-refractivity contribution in [3.8, 4) is 11.3 Å². The highest BCUT2D eigenvalue weighted by Gasteiger charge is 2.26. The van der Waals surface area contributed by atoms with Crippen LogP contribution in [0.5, 0.6) is 0 Å². The van der Waals surface area contributed by atoms with Gasteiger partial charge in [-0.25, -0.2) is 5.28 Å². The number of halogens is 1. The van der Waals surface area contributed by atoms with E-state index in [1.165, 1.54) is 5.56 Å². The Labute approximate surface area is 137 Å². The molecule has 23 heavy (non-hydrogen) atoms. The molecule has 0 saturated heterocycles. The minimum atomic E-state index is 0.0791. The summed E-state index contributed by atoms with van der Waals surface area (Å²) in [6.45, 7) is 0.583. The van der Waals surface area contributed by atoms with Gasteiger partial charge in [-0.05, 0) is 34.5 Å². The molecule has 3 aromatic rings. The van der Waals surface area contributed by atoms with Gasteiger partial charge in [0.15, 0.2) is 6.54 Å². The summed E-state index contributed by atoms with van der Waals surface area (Å²) < 4.78 is 6.80. The van der Waals surface area contributed by atoms with Gasteiger partial charge in [0.2, 0.25) is 5.27 Å². The Morgan fingerprint density at radius 1 is 1.09 bits per heavy atom. The molecule has 2 aromatic carbocycles. The Hall–Kier alpha value is -2.73. The van der Waals surface area contributed by atoms with Crippen molar-refractivity contribution in [1.82, 2.24) is 5.27 Å². The van der Waals surface area contributed by atoms with Crippen LogP contribution in [0.2, 0.25) is 5.02 Å². The molecule has 1 heterocycles. The van der Waals surface area contributed by atoms with Gasteiger partial charge >= 0.3 is 11.6 Å². The normalized spacial score (nSPS) is 11.2. The zero-order valence-corrected chi connectivity index (χ0v) is 12.8. The first-order chi connectivity index (χ1) is 11.3. The van der Waals surface area contributed by atoms with E-state index in [4.69, 9.17) is 16.1 Å². The lowest BCUT2D eigenvalue weighted by Gasteiger charge is -1.98. The molecule has 0 amide bonds. The SMILES string of the molecule is [O-]/N=N/c1on[n+](CCc2ccccc2)c1-c1ccc(Cl)cc1. The molecule has 7 heteroatoms. The lowest BCUT2D eigenvalue weighted by atomic mass is 10.1. The van der Waals surface area contributed by atoms with Gasteiger partial charge in [-0.1, -0.05) is 41.9 Å². The molecule has 0 saturated carbocycles. The van der Waals surface area contributed by atoms with Crippen LogP contribution < -0.4 is 4.68 Å². The second kappa shape index (κ2) is 7.02. The maximum Gasteiger partial charge on any atom is 0.347 e. The summed E-state index contributed by atoms with van der Waals surface area (Å²) in [7, 11) is 0. The molecule has 3 rings (SSSR count). The molecule has 116 valence electrons. The monoisotopic (exact) mass is 328 g/mol. The molecule has 0 spiro atoms. The van der Waals surface area contributed by atoms with E-state index in [0.29, 0.717) is 17.3 Å². The van der Waals surface area contributed by atoms with E-state index in [1.54, 1.807) is 16.8 Å². The highest BCUT2D eigenvalue weighted by Crippen LogP contribution is 2.28. The highest BCUT2D eigenvalue weighted by atomic mass is 35.5. The number of aryl methyl sites for hydroxylation is 2. The fraction of sp³-hybridized carbons (Fsp3) is 0.125. The van der Waals surface area contributed by atoms with Crippen molar-refractivity contribution < 1.29 is 9.20 Å². The molecule has 0 fully saturated rings. The van der Waals surface area contributed by atoms with Crippen LogP contribution in [-0.2, 0) is 13.0 Å². The maximum absolute atomic E-state index is 10.5. The molecule has 0 unspecified atom stereocenters. The fourth-order valence-corrected chi connectivity index (χ4v) is 2.42. The van der Waals surface area contributed by atoms with Crippen LogP contribution in [0, 0.1) is 5.21 Å². The van der Waals surface area contributed by atoms with Crippen molar-refractivity contribution in [1.29, 1.82) is 0 Å². The molecule has 0 atom stereocenters. The summed E-state index contributed by atoms with van der Waals surface area (Å²) in [4.78, 5) is 0. The Morgan fingerprint density at radius 2 is 1.83 bits per heavy atom. The third-order valence-corrected chi connectivity index (χ3v) is 3.64. The number of nitrogens with zero attached hydrogens (tertiary/aromatic N) is 4. The predicted molar refractivity (Wildman–Crippen MR) is 85.2 cm³/mol. The van der Waals surface area contributed by atoms with E-state index in [2.05, 4.69) is 15.7 Å². The summed E-state index contributed by atoms with van der Waals surface area (Å²) in [5.74, 6) is 0.0791. The van der Waals surface area contributed by atoms with Gasteiger partial charge in [-0.3, -0.25) is 4.52 Å². The molecule has 0 bridgehead atoms. The summed E-state index contributed by atoms with van der Waals surface area (Å²) in [5.41, 5.74) is 2.57. The summed E-state index contributed by atoms with van der Waals surface area (Å²) in [5, 5.41) is 21.1. The minimum Gasteiger partial charge on any atom is -0.775 e. The molecule has 1 aromatic heterocycles. The summed E-state index contributed by atoms with van der Waals surface area (Å²) in [6, 6.07) is 17.2. The zero-order valence-electron chi connectivity index (χ0n) is 12.1. The average molecular weight is 329 g/mol. The molecular weight excluding hydrogens is 316 g/mol. The largest absolute Gasteiger partial charge is 0.775 e. The van der Waals surface area contributed by atoms with Gasteiger partial charge in [-0.15, -0.1) is 5.11 Å². The third-order valence-electron chi connectivity index (χ3n) is 3.39. The first kappa shape index (κ1) is 15.2. The topological polar surface area (TPSA) is 77.7 Å². The Kier molecular flexibility index (Phi) is 4.63. The van der Waals surface area contributed by atoms with E-state index in [0.717, 1.165) is 12.0 Å². The van der Waals surface area contributed by atoms with Gasteiger partial charge in [0.1, 0.15) is 0 Å². The number of hydrogen-bond acceptors (Lipinski definition) is 5. The maximum atomic E-state index is 10.5. The standard InChI is InChI=1S/C16H13ClN4O2/c17-14-8-6-13(7-9-14)15-16(18-19-22)23-20-21(15)11-10-12-4-2-1-3-5-12/h1-9H,10-11H2.